The number of hydrogen-bond acceptors (Lipinski definition) is 4. The van der Waals surface area contributed by atoms with Crippen LogP contribution in [0.3, 0.4) is 0 Å². The number of nitrogens with one attached hydrogen (secondary N) is 1. The Morgan fingerprint density at radius 2 is 1.41 bits per heavy atom. The number of carboxylic acid groups (broad SMARTS) is 4. The van der Waals surface area contributed by atoms with Crippen molar-refractivity contribution in [3.63, 3.8) is 0 Å². The van der Waals surface area contributed by atoms with E-state index in [1.807, 2.05) is 0 Å². The van der Waals surface area contributed by atoms with Gasteiger partial charge in [-0.1, -0.05) is 0 Å². The molecule has 10 nitrogen and oxygen atoms in total. The molecule has 90 valence electrons. The van der Waals surface area contributed by atoms with Gasteiger partial charge in [0.1, 0.15) is 0 Å². The molecule has 0 aliphatic rings. The van der Waals surface area contributed by atoms with Gasteiger partial charge in [-0.25, -0.2) is 19.4 Å². The Morgan fingerprint density at radius 3 is 1.71 bits per heavy atom. The quantitative estimate of drug-likeness (QED) is 0.521. The van der Waals surface area contributed by atoms with Crippen LogP contribution >= 0.6 is 0 Å². The summed E-state index contributed by atoms with van der Waals surface area (Å²) in [6.45, 7) is 0. The van der Waals surface area contributed by atoms with Crippen LogP contribution in [0.25, 0.3) is 0 Å². The fourth-order valence-electron chi connectivity index (χ4n) is 1.15. The fraction of sp³-hybridized carbons (Fsp3) is 0. The largest absolute Gasteiger partial charge is 0.510 e. The monoisotopic (exact) mass is 245 g/mol. The van der Waals surface area contributed by atoms with Gasteiger partial charge in [0.25, 0.3) is 11.4 Å². The van der Waals surface area contributed by atoms with Crippen molar-refractivity contribution < 1.29 is 44.6 Å². The third-order valence-electron chi connectivity index (χ3n) is 1.74. The smallest absolute Gasteiger partial charge is 0.475 e. The molecule has 0 atom stereocenters. The van der Waals surface area contributed by atoms with Crippen molar-refractivity contribution in [3.8, 4) is 0 Å². The zero-order valence-corrected chi connectivity index (χ0v) is 7.87. The van der Waals surface area contributed by atoms with Crippen LogP contribution in [-0.4, -0.2) is 49.0 Å². The first-order valence-corrected chi connectivity index (χ1v) is 3.88. The molecule has 1 heterocycles. The van der Waals surface area contributed by atoms with Crippen LogP contribution < -0.4 is 4.98 Å². The molecule has 0 saturated carbocycles. The number of nitrogens with zero attached hydrogens (tertiary/aromatic N) is 1. The first-order valence-electron chi connectivity index (χ1n) is 3.88. The van der Waals surface area contributed by atoms with Gasteiger partial charge < -0.3 is 20.4 Å². The van der Waals surface area contributed by atoms with E-state index >= 15 is 0 Å². The highest BCUT2D eigenvalue weighted by molar-refractivity contribution is 6.02. The predicted octanol–water partition coefficient (Wildman–Crippen LogP) is -1.08. The van der Waals surface area contributed by atoms with Crippen LogP contribution in [0.15, 0.2) is 0 Å². The van der Waals surface area contributed by atoms with Crippen molar-refractivity contribution in [1.82, 2.24) is 4.57 Å². The lowest BCUT2D eigenvalue weighted by molar-refractivity contribution is -0.387. The summed E-state index contributed by atoms with van der Waals surface area (Å²) in [4.78, 5) is 44.4. The number of aromatic amines is 1. The number of rotatable bonds is 3. The number of carbonyl (C=O) groups is 4. The van der Waals surface area contributed by atoms with Gasteiger partial charge in [-0.05, 0) is 0 Å². The van der Waals surface area contributed by atoms with E-state index in [9.17, 15) is 19.2 Å². The lowest BCUT2D eigenvalue weighted by Gasteiger charge is -1.92. The molecule has 0 unspecified atom stereocenters. The van der Waals surface area contributed by atoms with Crippen LogP contribution in [0.2, 0.25) is 0 Å². The fourth-order valence-corrected chi connectivity index (χ4v) is 1.15. The number of carboxylic acids is 3. The topological polar surface area (TPSA) is 168 Å². The van der Waals surface area contributed by atoms with Crippen molar-refractivity contribution >= 4 is 24.0 Å². The molecule has 0 aliphatic carbocycles. The summed E-state index contributed by atoms with van der Waals surface area (Å²) in [5.41, 5.74) is -2.21. The highest BCUT2D eigenvalue weighted by Gasteiger charge is 2.40. The minimum Gasteiger partial charge on any atom is -0.475 e. The standard InChI is InChI=1S/C7H4N2O8/c10-4(11)1-2(5(12)13)9(7(16)17)3(8-1)6(14)15/h(H,10,11)(H,12,13)(H,14,15)(H,16,17)/p+1. The normalized spacial score (nSPS) is 9.88. The molecule has 0 amide bonds. The zero-order chi connectivity index (χ0) is 13.3. The molecule has 0 spiro atoms. The highest BCUT2D eigenvalue weighted by Crippen LogP contribution is 2.08. The van der Waals surface area contributed by atoms with Crippen LogP contribution in [0, 0.1) is 0 Å². The Bertz CT molecular complexity index is 496. The highest BCUT2D eigenvalue weighted by atomic mass is 16.4. The predicted molar refractivity (Wildman–Crippen MR) is 45.3 cm³/mol. The lowest BCUT2D eigenvalue weighted by Crippen LogP contribution is -2.24. The first kappa shape index (κ1) is 12.2. The maximum atomic E-state index is 10.7. The molecule has 0 fully saturated rings. The van der Waals surface area contributed by atoms with Gasteiger partial charge in [0.2, 0.25) is 0 Å². The third-order valence-corrected chi connectivity index (χ3v) is 1.74. The van der Waals surface area contributed by atoms with E-state index in [1.54, 1.807) is 4.98 Å². The molecule has 0 radical (unpaired) electrons. The van der Waals surface area contributed by atoms with Crippen LogP contribution in [0.4, 0.5) is 4.79 Å². The van der Waals surface area contributed by atoms with E-state index in [0.29, 0.717) is 0 Å². The van der Waals surface area contributed by atoms with Gasteiger partial charge in [-0.15, -0.1) is 4.57 Å². The maximum absolute atomic E-state index is 10.7. The zero-order valence-electron chi connectivity index (χ0n) is 7.87. The summed E-state index contributed by atoms with van der Waals surface area (Å²) >= 11 is 0. The van der Waals surface area contributed by atoms with Gasteiger partial charge in [0, 0.05) is 0 Å². The van der Waals surface area contributed by atoms with Crippen molar-refractivity contribution in [2.45, 2.75) is 0 Å². The number of aromatic carboxylic acids is 3. The Balaban J connectivity index is 3.73. The van der Waals surface area contributed by atoms with Gasteiger partial charge in [0.15, 0.2) is 0 Å². The third kappa shape index (κ3) is 1.90. The Kier molecular flexibility index (Phi) is 2.80. The number of hydrogen-bond donors (Lipinski definition) is 4. The SMILES string of the molecule is O=C(O)c1[nH+]c(C(=O)O)n(C(=O)O)c1C(=O)O. The summed E-state index contributed by atoms with van der Waals surface area (Å²) < 4.78 is -0.159. The molecule has 0 bridgehead atoms. The van der Waals surface area contributed by atoms with Crippen LogP contribution in [0.1, 0.15) is 31.6 Å². The van der Waals surface area contributed by atoms with E-state index in [2.05, 4.69) is 0 Å². The summed E-state index contributed by atoms with van der Waals surface area (Å²) in [5, 5.41) is 34.6. The minimum atomic E-state index is -1.93. The molecule has 0 aliphatic heterocycles. The summed E-state index contributed by atoms with van der Waals surface area (Å²) in [6, 6.07) is 0. The molecule has 17 heavy (non-hydrogen) atoms. The molecule has 5 N–H and O–H groups in total. The van der Waals surface area contributed by atoms with Crippen molar-refractivity contribution in [1.29, 1.82) is 0 Å². The van der Waals surface area contributed by atoms with Crippen molar-refractivity contribution in [2.24, 2.45) is 0 Å². The molecule has 1 aromatic heterocycles. The second kappa shape index (κ2) is 3.92. The Morgan fingerprint density at radius 1 is 0.882 bits per heavy atom. The van der Waals surface area contributed by atoms with Gasteiger partial charge in [-0.2, -0.15) is 4.79 Å². The Hall–Kier alpha value is -2.91. The second-order valence-corrected chi connectivity index (χ2v) is 2.73. The summed E-state index contributed by atoms with van der Waals surface area (Å²) in [5.74, 6) is -6.55. The molecule has 1 rings (SSSR count). The molecular weight excluding hydrogens is 240 g/mol. The van der Waals surface area contributed by atoms with Crippen LogP contribution in [0.5, 0.6) is 0 Å². The van der Waals surface area contributed by atoms with E-state index in [1.165, 1.54) is 0 Å². The number of H-pyrrole nitrogens is 1. The van der Waals surface area contributed by atoms with Gasteiger partial charge in [-0.3, -0.25) is 0 Å². The Labute approximate surface area is 91.4 Å². The molecule has 10 heteroatoms. The molecule has 0 aromatic carbocycles. The first-order chi connectivity index (χ1) is 7.77. The molecular formula is C7H5N2O8+. The minimum absolute atomic E-state index is 0.159. The maximum Gasteiger partial charge on any atom is 0.510 e. The second-order valence-electron chi connectivity index (χ2n) is 2.73. The molecule has 0 saturated heterocycles. The van der Waals surface area contributed by atoms with Gasteiger partial charge >= 0.3 is 29.8 Å². The van der Waals surface area contributed by atoms with E-state index < -0.39 is 41.2 Å². The van der Waals surface area contributed by atoms with Gasteiger partial charge in [0.05, 0.1) is 0 Å². The summed E-state index contributed by atoms with van der Waals surface area (Å²) in [6.07, 6.45) is -1.93. The van der Waals surface area contributed by atoms with Crippen LogP contribution in [-0.2, 0) is 0 Å². The van der Waals surface area contributed by atoms with Crippen molar-refractivity contribution in [3.05, 3.63) is 17.2 Å². The average Bonchev–Trinajstić information content (AvgIpc) is 2.56. The number of imidazole rings is 1. The number of aromatic nitrogens is 2. The van der Waals surface area contributed by atoms with E-state index in [-0.39, 0.29) is 4.57 Å². The van der Waals surface area contributed by atoms with Crippen molar-refractivity contribution in [2.75, 3.05) is 0 Å². The molecule has 1 aromatic rings. The summed E-state index contributed by atoms with van der Waals surface area (Å²) in [7, 11) is 0. The van der Waals surface area contributed by atoms with E-state index in [4.69, 9.17) is 20.4 Å². The van der Waals surface area contributed by atoms with E-state index in [0.717, 1.165) is 0 Å². The average molecular weight is 245 g/mol. The lowest BCUT2D eigenvalue weighted by atomic mass is 10.3.